The standard InChI is InChI=1S/C24H34O3/c1-25-24-16-14-23(15-17-24)21-27-19-11-6-4-2-3-5-10-18-26-20-22-12-8-7-9-13-22/h7-9,12-17H,2-6,10-11,18-21H2,1H3. The fourth-order valence-electron chi connectivity index (χ4n) is 2.97. The van der Waals surface area contributed by atoms with E-state index in [9.17, 15) is 0 Å². The molecule has 27 heavy (non-hydrogen) atoms. The first-order chi connectivity index (χ1) is 13.4. The molecule has 3 nitrogen and oxygen atoms in total. The van der Waals surface area contributed by atoms with Crippen LogP contribution in [0.3, 0.4) is 0 Å². The highest BCUT2D eigenvalue weighted by atomic mass is 16.5. The van der Waals surface area contributed by atoms with Gasteiger partial charge in [0.2, 0.25) is 0 Å². The average Bonchev–Trinajstić information content (AvgIpc) is 2.72. The van der Waals surface area contributed by atoms with Crippen molar-refractivity contribution in [2.45, 2.75) is 58.2 Å². The largest absolute Gasteiger partial charge is 0.497 e. The molecular weight excluding hydrogens is 336 g/mol. The minimum absolute atomic E-state index is 0.687. The van der Waals surface area contributed by atoms with Gasteiger partial charge in [0.15, 0.2) is 0 Å². The van der Waals surface area contributed by atoms with Crippen LogP contribution in [0.4, 0.5) is 0 Å². The molecule has 0 atom stereocenters. The van der Waals surface area contributed by atoms with Gasteiger partial charge >= 0.3 is 0 Å². The Balaban J connectivity index is 1.32. The number of hydrogen-bond acceptors (Lipinski definition) is 3. The third kappa shape index (κ3) is 10.2. The van der Waals surface area contributed by atoms with E-state index >= 15 is 0 Å². The second-order valence-electron chi connectivity index (χ2n) is 6.91. The molecule has 0 radical (unpaired) electrons. The fourth-order valence-corrected chi connectivity index (χ4v) is 2.97. The normalized spacial score (nSPS) is 10.9. The van der Waals surface area contributed by atoms with Crippen LogP contribution in [0.25, 0.3) is 0 Å². The fraction of sp³-hybridized carbons (Fsp3) is 0.500. The number of methoxy groups -OCH3 is 1. The van der Waals surface area contributed by atoms with Gasteiger partial charge in [-0.25, -0.2) is 0 Å². The Kier molecular flexibility index (Phi) is 11.3. The maximum atomic E-state index is 5.74. The summed E-state index contributed by atoms with van der Waals surface area (Å²) < 4.78 is 16.6. The van der Waals surface area contributed by atoms with Gasteiger partial charge in [-0.05, 0) is 36.1 Å². The van der Waals surface area contributed by atoms with Crippen molar-refractivity contribution in [2.75, 3.05) is 20.3 Å². The van der Waals surface area contributed by atoms with Crippen LogP contribution in [0, 0.1) is 0 Å². The third-order valence-electron chi connectivity index (χ3n) is 4.62. The second kappa shape index (κ2) is 14.2. The minimum atomic E-state index is 0.687. The van der Waals surface area contributed by atoms with E-state index < -0.39 is 0 Å². The number of ether oxygens (including phenoxy) is 3. The molecule has 0 bridgehead atoms. The first-order valence-electron chi connectivity index (χ1n) is 10.2. The van der Waals surface area contributed by atoms with E-state index in [1.165, 1.54) is 43.2 Å². The number of hydrogen-bond donors (Lipinski definition) is 0. The Morgan fingerprint density at radius 2 is 1.04 bits per heavy atom. The molecule has 0 N–H and O–H groups in total. The summed E-state index contributed by atoms with van der Waals surface area (Å²) in [7, 11) is 1.69. The molecule has 148 valence electrons. The van der Waals surface area contributed by atoms with Crippen LogP contribution in [-0.2, 0) is 22.7 Å². The molecule has 0 aliphatic carbocycles. The van der Waals surface area contributed by atoms with Crippen LogP contribution < -0.4 is 4.74 Å². The van der Waals surface area contributed by atoms with E-state index in [0.717, 1.165) is 38.4 Å². The smallest absolute Gasteiger partial charge is 0.118 e. The predicted octanol–water partition coefficient (Wildman–Crippen LogP) is 6.16. The maximum Gasteiger partial charge on any atom is 0.118 e. The van der Waals surface area contributed by atoms with Gasteiger partial charge in [0.05, 0.1) is 20.3 Å². The molecule has 0 spiro atoms. The van der Waals surface area contributed by atoms with Crippen LogP contribution in [0.5, 0.6) is 5.75 Å². The first-order valence-corrected chi connectivity index (χ1v) is 10.2. The lowest BCUT2D eigenvalue weighted by molar-refractivity contribution is 0.115. The lowest BCUT2D eigenvalue weighted by Crippen LogP contribution is -1.96. The molecule has 0 saturated carbocycles. The molecule has 2 rings (SSSR count). The van der Waals surface area contributed by atoms with Gasteiger partial charge < -0.3 is 14.2 Å². The molecule has 0 amide bonds. The molecule has 0 fully saturated rings. The van der Waals surface area contributed by atoms with Crippen molar-refractivity contribution >= 4 is 0 Å². The molecule has 0 aliphatic heterocycles. The van der Waals surface area contributed by atoms with Crippen molar-refractivity contribution in [1.29, 1.82) is 0 Å². The molecular formula is C24H34O3. The third-order valence-corrected chi connectivity index (χ3v) is 4.62. The summed E-state index contributed by atoms with van der Waals surface area (Å²) in [6.07, 6.45) is 8.76. The van der Waals surface area contributed by atoms with Crippen LogP contribution in [0.1, 0.15) is 56.1 Å². The van der Waals surface area contributed by atoms with E-state index in [1.807, 2.05) is 18.2 Å². The Hall–Kier alpha value is -1.84. The van der Waals surface area contributed by atoms with Crippen molar-refractivity contribution in [3.05, 3.63) is 65.7 Å². The highest BCUT2D eigenvalue weighted by molar-refractivity contribution is 5.26. The van der Waals surface area contributed by atoms with Gasteiger partial charge in [0, 0.05) is 13.2 Å². The average molecular weight is 371 g/mol. The lowest BCUT2D eigenvalue weighted by atomic mass is 10.1. The van der Waals surface area contributed by atoms with E-state index in [4.69, 9.17) is 14.2 Å². The zero-order chi connectivity index (χ0) is 19.0. The van der Waals surface area contributed by atoms with Gasteiger partial charge in [-0.15, -0.1) is 0 Å². The molecule has 0 aromatic heterocycles. The summed E-state index contributed by atoms with van der Waals surface area (Å²) in [5, 5.41) is 0. The molecule has 0 heterocycles. The van der Waals surface area contributed by atoms with Gasteiger partial charge in [-0.1, -0.05) is 74.6 Å². The Bertz CT molecular complexity index is 580. The molecule has 3 heteroatoms. The summed E-state index contributed by atoms with van der Waals surface area (Å²) in [6.45, 7) is 3.14. The van der Waals surface area contributed by atoms with Crippen LogP contribution in [-0.4, -0.2) is 20.3 Å². The second-order valence-corrected chi connectivity index (χ2v) is 6.91. The van der Waals surface area contributed by atoms with Crippen molar-refractivity contribution in [1.82, 2.24) is 0 Å². The zero-order valence-corrected chi connectivity index (χ0v) is 16.7. The number of rotatable bonds is 15. The monoisotopic (exact) mass is 370 g/mol. The van der Waals surface area contributed by atoms with Crippen molar-refractivity contribution < 1.29 is 14.2 Å². The van der Waals surface area contributed by atoms with E-state index in [2.05, 4.69) is 36.4 Å². The van der Waals surface area contributed by atoms with Crippen LogP contribution in [0.2, 0.25) is 0 Å². The molecule has 0 unspecified atom stereocenters. The number of unbranched alkanes of at least 4 members (excludes halogenated alkanes) is 6. The molecule has 2 aromatic carbocycles. The number of benzene rings is 2. The molecule has 0 saturated heterocycles. The van der Waals surface area contributed by atoms with Gasteiger partial charge in [-0.3, -0.25) is 0 Å². The topological polar surface area (TPSA) is 27.7 Å². The van der Waals surface area contributed by atoms with E-state index in [-0.39, 0.29) is 0 Å². The molecule has 0 aliphatic rings. The van der Waals surface area contributed by atoms with Gasteiger partial charge in [0.1, 0.15) is 5.75 Å². The van der Waals surface area contributed by atoms with Gasteiger partial charge in [-0.2, -0.15) is 0 Å². The van der Waals surface area contributed by atoms with Crippen molar-refractivity contribution in [2.24, 2.45) is 0 Å². The lowest BCUT2D eigenvalue weighted by Gasteiger charge is -2.06. The zero-order valence-electron chi connectivity index (χ0n) is 16.7. The Morgan fingerprint density at radius 1 is 0.556 bits per heavy atom. The Labute approximate surface area is 164 Å². The summed E-state index contributed by atoms with van der Waals surface area (Å²) >= 11 is 0. The minimum Gasteiger partial charge on any atom is -0.497 e. The Morgan fingerprint density at radius 3 is 1.56 bits per heavy atom. The molecule has 2 aromatic rings. The highest BCUT2D eigenvalue weighted by Crippen LogP contribution is 2.12. The van der Waals surface area contributed by atoms with Crippen LogP contribution >= 0.6 is 0 Å². The maximum absolute atomic E-state index is 5.74. The van der Waals surface area contributed by atoms with Crippen molar-refractivity contribution in [3.8, 4) is 5.75 Å². The summed E-state index contributed by atoms with van der Waals surface area (Å²) in [5.74, 6) is 0.890. The summed E-state index contributed by atoms with van der Waals surface area (Å²) in [6, 6.07) is 18.4. The van der Waals surface area contributed by atoms with E-state index in [1.54, 1.807) is 7.11 Å². The summed E-state index contributed by atoms with van der Waals surface area (Å²) in [5.41, 5.74) is 2.46. The van der Waals surface area contributed by atoms with Gasteiger partial charge in [0.25, 0.3) is 0 Å². The van der Waals surface area contributed by atoms with E-state index in [0.29, 0.717) is 6.61 Å². The summed E-state index contributed by atoms with van der Waals surface area (Å²) in [4.78, 5) is 0. The predicted molar refractivity (Wildman–Crippen MR) is 111 cm³/mol. The quantitative estimate of drug-likeness (QED) is 0.351. The first kappa shape index (κ1) is 21.5. The van der Waals surface area contributed by atoms with Crippen molar-refractivity contribution in [3.63, 3.8) is 0 Å². The van der Waals surface area contributed by atoms with Crippen LogP contribution in [0.15, 0.2) is 54.6 Å². The SMILES string of the molecule is COc1ccc(COCCCCCCCCCOCc2ccccc2)cc1. The highest BCUT2D eigenvalue weighted by Gasteiger charge is 1.97.